The van der Waals surface area contributed by atoms with Gasteiger partial charge in [0.2, 0.25) is 11.8 Å². The van der Waals surface area contributed by atoms with Gasteiger partial charge in [0.15, 0.2) is 11.5 Å². The summed E-state index contributed by atoms with van der Waals surface area (Å²) in [7, 11) is 3.08. The molecule has 0 saturated heterocycles. The molecule has 0 radical (unpaired) electrons. The minimum atomic E-state index is -0.998. The number of nitrogen functional groups attached to an aromatic ring is 1. The van der Waals surface area contributed by atoms with Crippen LogP contribution in [-0.4, -0.2) is 55.7 Å². The zero-order valence-electron chi connectivity index (χ0n) is 19.8. The van der Waals surface area contributed by atoms with Crippen LogP contribution < -0.4 is 31.2 Å². The maximum absolute atomic E-state index is 12.9. The van der Waals surface area contributed by atoms with E-state index in [-0.39, 0.29) is 24.2 Å². The maximum Gasteiger partial charge on any atom is 0.245 e. The van der Waals surface area contributed by atoms with Gasteiger partial charge in [0.05, 0.1) is 20.8 Å². The van der Waals surface area contributed by atoms with E-state index in [1.165, 1.54) is 7.11 Å². The Morgan fingerprint density at radius 1 is 1.06 bits per heavy atom. The Morgan fingerprint density at radius 2 is 1.76 bits per heavy atom. The molecule has 0 heterocycles. The smallest absolute Gasteiger partial charge is 0.245 e. The molecule has 0 bridgehead atoms. The lowest BCUT2D eigenvalue weighted by atomic mass is 10.0. The van der Waals surface area contributed by atoms with Crippen LogP contribution in [0.15, 0.2) is 42.5 Å². The molecule has 2 amide bonds. The van der Waals surface area contributed by atoms with Crippen molar-refractivity contribution in [2.24, 2.45) is 11.7 Å². The highest BCUT2D eigenvalue weighted by Gasteiger charge is 2.27. The molecule has 0 aliphatic heterocycles. The molecule has 10 heteroatoms. The number of amides is 2. The molecular weight excluding hydrogens is 438 g/mol. The summed E-state index contributed by atoms with van der Waals surface area (Å²) in [6, 6.07) is 10.2. The van der Waals surface area contributed by atoms with Gasteiger partial charge in [-0.15, -0.1) is 0 Å². The third-order valence-electron chi connectivity index (χ3n) is 5.18. The summed E-state index contributed by atoms with van der Waals surface area (Å²) in [5.74, 6) is -0.0616. The number of rotatable bonds is 12. The summed E-state index contributed by atoms with van der Waals surface area (Å²) in [5, 5.41) is 25.8. The highest BCUT2D eigenvalue weighted by Crippen LogP contribution is 2.27. The fourth-order valence-corrected chi connectivity index (χ4v) is 3.25. The van der Waals surface area contributed by atoms with Crippen molar-refractivity contribution < 1.29 is 24.2 Å². The van der Waals surface area contributed by atoms with Gasteiger partial charge in [0.1, 0.15) is 17.9 Å². The number of nitrogens with one attached hydrogen (secondary N) is 4. The van der Waals surface area contributed by atoms with Crippen LogP contribution in [0, 0.1) is 11.3 Å². The van der Waals surface area contributed by atoms with Crippen LogP contribution >= 0.6 is 0 Å². The van der Waals surface area contributed by atoms with E-state index in [0.29, 0.717) is 22.7 Å². The van der Waals surface area contributed by atoms with Gasteiger partial charge in [0, 0.05) is 17.8 Å². The number of hydrogen-bond acceptors (Lipinski definition) is 7. The first-order chi connectivity index (χ1) is 16.2. The lowest BCUT2D eigenvalue weighted by Gasteiger charge is -2.25. The van der Waals surface area contributed by atoms with Crippen molar-refractivity contribution in [3.8, 4) is 11.5 Å². The number of carbonyl (C=O) groups is 2. The minimum absolute atomic E-state index is 0.111. The first-order valence-corrected chi connectivity index (χ1v) is 10.8. The van der Waals surface area contributed by atoms with Crippen molar-refractivity contribution in [1.82, 2.24) is 10.6 Å². The first-order valence-electron chi connectivity index (χ1n) is 10.8. The summed E-state index contributed by atoms with van der Waals surface area (Å²) in [6.45, 7) is 3.38. The fraction of sp³-hybridized carbons (Fsp3) is 0.375. The molecule has 2 aromatic rings. The van der Waals surface area contributed by atoms with E-state index in [2.05, 4.69) is 16.0 Å². The molecule has 0 saturated carbocycles. The van der Waals surface area contributed by atoms with Crippen LogP contribution in [0.3, 0.4) is 0 Å². The molecule has 184 valence electrons. The van der Waals surface area contributed by atoms with Crippen molar-refractivity contribution in [3.63, 3.8) is 0 Å². The number of hydrogen-bond donors (Lipinski definition) is 6. The highest BCUT2D eigenvalue weighted by molar-refractivity contribution is 5.96. The number of anilines is 1. The average molecular weight is 472 g/mol. The maximum atomic E-state index is 12.9. The average Bonchev–Trinajstić information content (AvgIpc) is 2.83. The van der Waals surface area contributed by atoms with Gasteiger partial charge >= 0.3 is 0 Å². The van der Waals surface area contributed by atoms with Gasteiger partial charge in [-0.25, -0.2) is 0 Å². The fourth-order valence-electron chi connectivity index (χ4n) is 3.25. The van der Waals surface area contributed by atoms with Gasteiger partial charge in [0.25, 0.3) is 0 Å². The van der Waals surface area contributed by atoms with Gasteiger partial charge in [-0.3, -0.25) is 15.0 Å². The van der Waals surface area contributed by atoms with Crippen LogP contribution in [0.5, 0.6) is 11.5 Å². The summed E-state index contributed by atoms with van der Waals surface area (Å²) < 4.78 is 10.5. The second-order valence-corrected chi connectivity index (χ2v) is 8.01. The van der Waals surface area contributed by atoms with Crippen LogP contribution in [0.1, 0.15) is 25.0 Å². The Balaban J connectivity index is 2.04. The molecule has 2 rings (SSSR count). The van der Waals surface area contributed by atoms with Crippen molar-refractivity contribution in [3.05, 3.63) is 53.6 Å². The third-order valence-corrected chi connectivity index (χ3v) is 5.18. The van der Waals surface area contributed by atoms with E-state index in [4.69, 9.17) is 20.6 Å². The zero-order valence-corrected chi connectivity index (χ0v) is 19.8. The molecule has 0 spiro atoms. The van der Waals surface area contributed by atoms with E-state index in [9.17, 15) is 14.7 Å². The molecule has 0 aromatic heterocycles. The quantitative estimate of drug-likeness (QED) is 0.200. The SMILES string of the molecule is COc1ccc(CNC(=O)C(NC(=O)C(CO)Nc2cccc(C(=N)N)c2)C(C)C)cc1OC. The molecule has 0 fully saturated rings. The molecule has 34 heavy (non-hydrogen) atoms. The number of benzene rings is 2. The van der Waals surface area contributed by atoms with Gasteiger partial charge in [-0.1, -0.05) is 32.0 Å². The van der Waals surface area contributed by atoms with E-state index >= 15 is 0 Å². The molecular formula is C24H33N5O5. The highest BCUT2D eigenvalue weighted by atomic mass is 16.5. The van der Waals surface area contributed by atoms with Crippen molar-refractivity contribution in [1.29, 1.82) is 5.41 Å². The Hall–Kier alpha value is -3.79. The van der Waals surface area contributed by atoms with Gasteiger partial charge in [-0.2, -0.15) is 0 Å². The summed E-state index contributed by atoms with van der Waals surface area (Å²) in [4.78, 5) is 25.7. The number of nitrogens with two attached hydrogens (primary N) is 1. The lowest BCUT2D eigenvalue weighted by Crippen LogP contribution is -2.54. The number of carbonyl (C=O) groups excluding carboxylic acids is 2. The zero-order chi connectivity index (χ0) is 25.3. The minimum Gasteiger partial charge on any atom is -0.493 e. The van der Waals surface area contributed by atoms with Crippen LogP contribution in [0.25, 0.3) is 0 Å². The summed E-state index contributed by atoms with van der Waals surface area (Å²) >= 11 is 0. The van der Waals surface area contributed by atoms with Gasteiger partial charge < -0.3 is 36.3 Å². The Labute approximate surface area is 199 Å². The first kappa shape index (κ1) is 26.5. The standard InChI is InChI=1S/C24H33N5O5/c1-14(2)21(24(32)27-12-15-8-9-19(33-3)20(10-15)34-4)29-23(31)18(13-30)28-17-7-5-6-16(11-17)22(25)26/h5-11,14,18,21,28,30H,12-13H2,1-4H3,(H3,25,26)(H,27,32)(H,29,31). The van der Waals surface area contributed by atoms with E-state index in [1.807, 2.05) is 19.9 Å². The van der Waals surface area contributed by atoms with Gasteiger partial charge in [-0.05, 0) is 35.7 Å². The predicted octanol–water partition coefficient (Wildman–Crippen LogP) is 1.22. The number of methoxy groups -OCH3 is 2. The normalized spacial score (nSPS) is 12.4. The Kier molecular flexibility index (Phi) is 9.69. The van der Waals surface area contributed by atoms with E-state index in [1.54, 1.807) is 43.5 Å². The molecule has 0 aliphatic carbocycles. The summed E-state index contributed by atoms with van der Waals surface area (Å²) in [6.07, 6.45) is 0. The molecule has 7 N–H and O–H groups in total. The van der Waals surface area contributed by atoms with Crippen LogP contribution in [0.2, 0.25) is 0 Å². The van der Waals surface area contributed by atoms with Crippen LogP contribution in [-0.2, 0) is 16.1 Å². The topological polar surface area (TPSA) is 159 Å². The second-order valence-electron chi connectivity index (χ2n) is 8.01. The van der Waals surface area contributed by atoms with Crippen LogP contribution in [0.4, 0.5) is 5.69 Å². The molecule has 2 atom stereocenters. The Bertz CT molecular complexity index is 1010. The van der Waals surface area contributed by atoms with Crippen molar-refractivity contribution in [2.45, 2.75) is 32.5 Å². The van der Waals surface area contributed by atoms with Crippen molar-refractivity contribution in [2.75, 3.05) is 26.1 Å². The van der Waals surface area contributed by atoms with E-state index in [0.717, 1.165) is 5.56 Å². The number of ether oxygens (including phenoxy) is 2. The Morgan fingerprint density at radius 3 is 2.35 bits per heavy atom. The predicted molar refractivity (Wildman–Crippen MR) is 130 cm³/mol. The monoisotopic (exact) mass is 471 g/mol. The largest absolute Gasteiger partial charge is 0.493 e. The number of aliphatic hydroxyl groups excluding tert-OH is 1. The van der Waals surface area contributed by atoms with E-state index < -0.39 is 24.6 Å². The lowest BCUT2D eigenvalue weighted by molar-refractivity contribution is -0.130. The van der Waals surface area contributed by atoms with Crippen molar-refractivity contribution >= 4 is 23.3 Å². The molecule has 2 aromatic carbocycles. The number of aliphatic hydroxyl groups is 1. The third kappa shape index (κ3) is 7.11. The molecule has 2 unspecified atom stereocenters. The molecule has 0 aliphatic rings. The number of amidine groups is 1. The summed E-state index contributed by atoms with van der Waals surface area (Å²) in [5.41, 5.74) is 7.31. The molecule has 10 nitrogen and oxygen atoms in total. The second kappa shape index (κ2) is 12.4.